The van der Waals surface area contributed by atoms with E-state index in [1.807, 2.05) is 12.1 Å². The minimum atomic E-state index is 0.0547. The van der Waals surface area contributed by atoms with Crippen LogP contribution in [0.15, 0.2) is 18.2 Å². The molecule has 1 N–H and O–H groups in total. The number of nitrogens with one attached hydrogen (secondary N) is 1. The summed E-state index contributed by atoms with van der Waals surface area (Å²) in [5.41, 5.74) is 1.04. The maximum absolute atomic E-state index is 6.21. The molecule has 0 spiro atoms. The number of halogens is 2. The fraction of sp³-hybridized carbons (Fsp3) is 0.538. The van der Waals surface area contributed by atoms with E-state index in [2.05, 4.69) is 5.32 Å². The van der Waals surface area contributed by atoms with Crippen LogP contribution in [0.2, 0.25) is 10.0 Å². The highest BCUT2D eigenvalue weighted by Gasteiger charge is 2.36. The van der Waals surface area contributed by atoms with E-state index in [0.29, 0.717) is 16.1 Å². The summed E-state index contributed by atoms with van der Waals surface area (Å²) in [6.45, 7) is 1.79. The summed E-state index contributed by atoms with van der Waals surface area (Å²) in [5.74, 6) is 0.747. The zero-order valence-corrected chi connectivity index (χ0v) is 11.0. The highest BCUT2D eigenvalue weighted by atomic mass is 35.5. The van der Waals surface area contributed by atoms with Crippen LogP contribution in [-0.2, 0) is 4.74 Å². The second-order valence-corrected chi connectivity index (χ2v) is 5.67. The van der Waals surface area contributed by atoms with Gasteiger partial charge < -0.3 is 10.1 Å². The third kappa shape index (κ3) is 2.60. The van der Waals surface area contributed by atoms with E-state index >= 15 is 0 Å². The molecule has 1 aromatic rings. The van der Waals surface area contributed by atoms with Crippen LogP contribution in [0.4, 0.5) is 0 Å². The summed E-state index contributed by atoms with van der Waals surface area (Å²) in [6.07, 6.45) is 3.00. The predicted molar refractivity (Wildman–Crippen MR) is 69.7 cm³/mol. The second-order valence-electron chi connectivity index (χ2n) is 4.82. The van der Waals surface area contributed by atoms with Crippen LogP contribution in [-0.4, -0.2) is 19.2 Å². The Kier molecular flexibility index (Phi) is 3.31. The number of hydrogen-bond donors (Lipinski definition) is 1. The van der Waals surface area contributed by atoms with E-state index in [1.54, 1.807) is 6.07 Å². The van der Waals surface area contributed by atoms with Crippen molar-refractivity contribution in [2.45, 2.75) is 25.0 Å². The molecule has 2 unspecified atom stereocenters. The summed E-state index contributed by atoms with van der Waals surface area (Å²) in [7, 11) is 0. The molecule has 1 aliphatic heterocycles. The van der Waals surface area contributed by atoms with E-state index in [-0.39, 0.29) is 6.10 Å². The maximum Gasteiger partial charge on any atom is 0.0968 e. The topological polar surface area (TPSA) is 21.3 Å². The number of ether oxygens (including phenoxy) is 1. The zero-order valence-electron chi connectivity index (χ0n) is 9.46. The van der Waals surface area contributed by atoms with Crippen molar-refractivity contribution in [3.63, 3.8) is 0 Å². The van der Waals surface area contributed by atoms with Gasteiger partial charge in [-0.1, -0.05) is 29.3 Å². The average Bonchev–Trinajstić information content (AvgIpc) is 3.13. The molecule has 4 heteroatoms. The molecular weight excluding hydrogens is 257 g/mol. The third-order valence-corrected chi connectivity index (χ3v) is 4.03. The van der Waals surface area contributed by atoms with Crippen LogP contribution in [0.1, 0.15) is 24.5 Å². The first kappa shape index (κ1) is 11.8. The maximum atomic E-state index is 6.21. The van der Waals surface area contributed by atoms with Gasteiger partial charge in [0.15, 0.2) is 0 Å². The molecule has 0 bridgehead atoms. The van der Waals surface area contributed by atoms with Crippen molar-refractivity contribution in [2.75, 3.05) is 13.1 Å². The van der Waals surface area contributed by atoms with Crippen LogP contribution in [0.5, 0.6) is 0 Å². The molecule has 1 aliphatic carbocycles. The van der Waals surface area contributed by atoms with E-state index in [4.69, 9.17) is 27.9 Å². The van der Waals surface area contributed by atoms with Gasteiger partial charge in [0.1, 0.15) is 0 Å². The Hall–Kier alpha value is -0.280. The standard InChI is InChI=1S/C13H15Cl2NO/c14-9-3-4-10(11(15)5-9)13-7-16-6-12(17-13)8-1-2-8/h3-5,8,12-13,16H,1-2,6-7H2. The van der Waals surface area contributed by atoms with Crippen LogP contribution in [0, 0.1) is 5.92 Å². The van der Waals surface area contributed by atoms with Gasteiger partial charge in [0.25, 0.3) is 0 Å². The molecule has 2 fully saturated rings. The first-order valence-electron chi connectivity index (χ1n) is 6.05. The molecule has 0 amide bonds. The van der Waals surface area contributed by atoms with Crippen molar-refractivity contribution in [3.8, 4) is 0 Å². The molecule has 17 heavy (non-hydrogen) atoms. The molecule has 1 heterocycles. The van der Waals surface area contributed by atoms with Crippen LogP contribution >= 0.6 is 23.2 Å². The smallest absolute Gasteiger partial charge is 0.0968 e. The second kappa shape index (κ2) is 4.77. The van der Waals surface area contributed by atoms with E-state index in [1.165, 1.54) is 12.8 Å². The molecule has 3 rings (SSSR count). The molecule has 2 aliphatic rings. The molecule has 1 saturated carbocycles. The van der Waals surface area contributed by atoms with Crippen LogP contribution < -0.4 is 5.32 Å². The average molecular weight is 272 g/mol. The number of hydrogen-bond acceptors (Lipinski definition) is 2. The lowest BCUT2D eigenvalue weighted by Crippen LogP contribution is -2.41. The van der Waals surface area contributed by atoms with Crippen LogP contribution in [0.25, 0.3) is 0 Å². The Morgan fingerprint density at radius 1 is 1.18 bits per heavy atom. The molecule has 2 nitrogen and oxygen atoms in total. The van der Waals surface area contributed by atoms with Crippen LogP contribution in [0.3, 0.4) is 0 Å². The third-order valence-electron chi connectivity index (χ3n) is 3.47. The van der Waals surface area contributed by atoms with Gasteiger partial charge >= 0.3 is 0 Å². The SMILES string of the molecule is Clc1ccc(C2CNCC(C3CC3)O2)c(Cl)c1. The summed E-state index contributed by atoms with van der Waals surface area (Å²) >= 11 is 12.1. The van der Waals surface area contributed by atoms with Gasteiger partial charge in [-0.25, -0.2) is 0 Å². The quantitative estimate of drug-likeness (QED) is 0.890. The lowest BCUT2D eigenvalue weighted by Gasteiger charge is -2.31. The molecule has 92 valence electrons. The van der Waals surface area contributed by atoms with E-state index in [9.17, 15) is 0 Å². The normalized spacial score (nSPS) is 29.3. The summed E-state index contributed by atoms with van der Waals surface area (Å²) in [6, 6.07) is 5.61. The Balaban J connectivity index is 1.77. The molecule has 2 atom stereocenters. The Morgan fingerprint density at radius 3 is 2.71 bits per heavy atom. The zero-order chi connectivity index (χ0) is 11.8. The Morgan fingerprint density at radius 2 is 2.00 bits per heavy atom. The molecule has 1 aromatic carbocycles. The monoisotopic (exact) mass is 271 g/mol. The molecule has 0 radical (unpaired) electrons. The van der Waals surface area contributed by atoms with Crippen molar-refractivity contribution in [2.24, 2.45) is 5.92 Å². The predicted octanol–water partition coefficient (Wildman–Crippen LogP) is 3.43. The molecular formula is C13H15Cl2NO. The lowest BCUT2D eigenvalue weighted by molar-refractivity contribution is -0.0493. The van der Waals surface area contributed by atoms with Crippen molar-refractivity contribution in [1.29, 1.82) is 0 Å². The van der Waals surface area contributed by atoms with Gasteiger partial charge in [0.2, 0.25) is 0 Å². The number of morpholine rings is 1. The molecule has 1 saturated heterocycles. The van der Waals surface area contributed by atoms with Crippen molar-refractivity contribution in [1.82, 2.24) is 5.32 Å². The van der Waals surface area contributed by atoms with Crippen molar-refractivity contribution < 1.29 is 4.74 Å². The lowest BCUT2D eigenvalue weighted by atomic mass is 10.1. The van der Waals surface area contributed by atoms with Gasteiger partial charge in [0, 0.05) is 28.7 Å². The van der Waals surface area contributed by atoms with Gasteiger partial charge in [0.05, 0.1) is 12.2 Å². The van der Waals surface area contributed by atoms with Gasteiger partial charge in [-0.3, -0.25) is 0 Å². The highest BCUT2D eigenvalue weighted by Crippen LogP contribution is 2.39. The minimum absolute atomic E-state index is 0.0547. The van der Waals surface area contributed by atoms with E-state index < -0.39 is 0 Å². The van der Waals surface area contributed by atoms with Crippen molar-refractivity contribution >= 4 is 23.2 Å². The molecule has 0 aromatic heterocycles. The summed E-state index contributed by atoms with van der Waals surface area (Å²) in [4.78, 5) is 0. The summed E-state index contributed by atoms with van der Waals surface area (Å²) in [5, 5.41) is 4.79. The fourth-order valence-corrected chi connectivity index (χ4v) is 2.89. The fourth-order valence-electron chi connectivity index (χ4n) is 2.36. The van der Waals surface area contributed by atoms with Gasteiger partial charge in [-0.15, -0.1) is 0 Å². The first-order valence-corrected chi connectivity index (χ1v) is 6.81. The van der Waals surface area contributed by atoms with E-state index in [0.717, 1.165) is 24.6 Å². The van der Waals surface area contributed by atoms with Gasteiger partial charge in [-0.05, 0) is 30.9 Å². The summed E-state index contributed by atoms with van der Waals surface area (Å²) < 4.78 is 6.13. The largest absolute Gasteiger partial charge is 0.367 e. The number of benzene rings is 1. The highest BCUT2D eigenvalue weighted by molar-refractivity contribution is 6.35. The Bertz CT molecular complexity index is 420. The minimum Gasteiger partial charge on any atom is -0.367 e. The van der Waals surface area contributed by atoms with Gasteiger partial charge in [-0.2, -0.15) is 0 Å². The van der Waals surface area contributed by atoms with Crippen molar-refractivity contribution in [3.05, 3.63) is 33.8 Å². The first-order chi connectivity index (χ1) is 8.24. The Labute approximate surface area is 111 Å². The number of rotatable bonds is 2.